The van der Waals surface area contributed by atoms with Gasteiger partial charge in [-0.15, -0.1) is 0 Å². The minimum Gasteiger partial charge on any atom is -0.366 e. The highest BCUT2D eigenvalue weighted by Gasteiger charge is 2.17. The zero-order chi connectivity index (χ0) is 17.1. The number of primary amides is 1. The molecule has 9 heteroatoms. The number of halogens is 2. The Bertz CT molecular complexity index is 826. The molecule has 2 aromatic rings. The molecular weight excluding hydrogens is 437 g/mol. The summed E-state index contributed by atoms with van der Waals surface area (Å²) in [7, 11) is 0. The predicted octanol–water partition coefficient (Wildman–Crippen LogP) is 3.20. The number of benzene rings is 2. The Hall–Kier alpha value is -2.20. The molecule has 23 heavy (non-hydrogen) atoms. The van der Waals surface area contributed by atoms with Gasteiger partial charge >= 0.3 is 0 Å². The maximum absolute atomic E-state index is 12.3. The standard InChI is InChI=1S/C14H9ClIN3O4/c15-10-3-1-7(13(17)20)5-12(10)18-14(21)9-6-8(19(22)23)2-4-11(9)16/h1-6H,(H2,17,20)(H,18,21). The molecule has 0 bridgehead atoms. The number of amides is 2. The van der Waals surface area contributed by atoms with Gasteiger partial charge in [0.1, 0.15) is 0 Å². The van der Waals surface area contributed by atoms with E-state index in [2.05, 4.69) is 5.32 Å². The maximum Gasteiger partial charge on any atom is 0.270 e. The second-order valence-corrected chi connectivity index (χ2v) is 6.00. The number of carbonyl (C=O) groups excluding carboxylic acids is 2. The van der Waals surface area contributed by atoms with E-state index >= 15 is 0 Å². The predicted molar refractivity (Wildman–Crippen MR) is 93.7 cm³/mol. The minimum atomic E-state index is -0.665. The van der Waals surface area contributed by atoms with E-state index in [-0.39, 0.29) is 27.5 Å². The topological polar surface area (TPSA) is 115 Å². The molecule has 7 nitrogen and oxygen atoms in total. The van der Waals surface area contributed by atoms with Crippen molar-refractivity contribution in [3.05, 3.63) is 66.2 Å². The number of nitrogens with zero attached hydrogens (tertiary/aromatic N) is 1. The fraction of sp³-hybridized carbons (Fsp3) is 0. The second-order valence-electron chi connectivity index (χ2n) is 4.43. The molecular formula is C14H9ClIN3O4. The van der Waals surface area contributed by atoms with Crippen molar-refractivity contribution in [1.82, 2.24) is 0 Å². The Balaban J connectivity index is 2.36. The summed E-state index contributed by atoms with van der Waals surface area (Å²) in [6.45, 7) is 0. The van der Waals surface area contributed by atoms with Crippen LogP contribution < -0.4 is 11.1 Å². The first kappa shape index (κ1) is 17.2. The summed E-state index contributed by atoms with van der Waals surface area (Å²) in [5.74, 6) is -1.25. The molecule has 0 unspecified atom stereocenters. The third-order valence-corrected chi connectivity index (χ3v) is 4.17. The third kappa shape index (κ3) is 3.96. The van der Waals surface area contributed by atoms with Gasteiger partial charge in [-0.2, -0.15) is 0 Å². The van der Waals surface area contributed by atoms with Gasteiger partial charge in [0.2, 0.25) is 5.91 Å². The first-order chi connectivity index (χ1) is 10.8. The molecule has 0 aromatic heterocycles. The number of non-ortho nitro benzene ring substituents is 1. The van der Waals surface area contributed by atoms with Gasteiger partial charge < -0.3 is 11.1 Å². The summed E-state index contributed by atoms with van der Waals surface area (Å²) in [6, 6.07) is 8.14. The lowest BCUT2D eigenvalue weighted by Crippen LogP contribution is -2.16. The SMILES string of the molecule is NC(=O)c1ccc(Cl)c(NC(=O)c2cc([N+](=O)[O-])ccc2I)c1. The van der Waals surface area contributed by atoms with E-state index in [1.165, 1.54) is 36.4 Å². The van der Waals surface area contributed by atoms with Crippen molar-refractivity contribution < 1.29 is 14.5 Å². The Kier molecular flexibility index (Phi) is 5.16. The van der Waals surface area contributed by atoms with Crippen LogP contribution in [0.25, 0.3) is 0 Å². The molecule has 2 rings (SSSR count). The Morgan fingerprint density at radius 3 is 2.52 bits per heavy atom. The van der Waals surface area contributed by atoms with Crippen LogP contribution in [-0.2, 0) is 0 Å². The molecule has 0 aliphatic carbocycles. The molecule has 0 saturated heterocycles. The van der Waals surface area contributed by atoms with E-state index < -0.39 is 16.7 Å². The Morgan fingerprint density at radius 1 is 1.22 bits per heavy atom. The molecule has 0 aliphatic heterocycles. The van der Waals surface area contributed by atoms with Crippen molar-refractivity contribution in [3.8, 4) is 0 Å². The highest BCUT2D eigenvalue weighted by Crippen LogP contribution is 2.25. The number of rotatable bonds is 4. The number of anilines is 1. The normalized spacial score (nSPS) is 10.2. The van der Waals surface area contributed by atoms with Crippen molar-refractivity contribution in [2.75, 3.05) is 5.32 Å². The van der Waals surface area contributed by atoms with Gasteiger partial charge in [0.05, 0.1) is 21.2 Å². The zero-order valence-electron chi connectivity index (χ0n) is 11.4. The van der Waals surface area contributed by atoms with Crippen molar-refractivity contribution in [2.45, 2.75) is 0 Å². The number of nitro groups is 1. The highest BCUT2D eigenvalue weighted by molar-refractivity contribution is 14.1. The van der Waals surface area contributed by atoms with Crippen molar-refractivity contribution in [1.29, 1.82) is 0 Å². The van der Waals surface area contributed by atoms with E-state index in [4.69, 9.17) is 17.3 Å². The van der Waals surface area contributed by atoms with Crippen LogP contribution in [0.5, 0.6) is 0 Å². The van der Waals surface area contributed by atoms with Crippen molar-refractivity contribution in [2.24, 2.45) is 5.73 Å². The Labute approximate surface area is 149 Å². The molecule has 0 saturated carbocycles. The van der Waals surface area contributed by atoms with E-state index in [1.807, 2.05) is 22.6 Å². The first-order valence-corrected chi connectivity index (χ1v) is 7.60. The van der Waals surface area contributed by atoms with Gasteiger partial charge in [-0.3, -0.25) is 19.7 Å². The molecule has 2 aromatic carbocycles. The summed E-state index contributed by atoms with van der Waals surface area (Å²) < 4.78 is 0.535. The number of nitrogens with one attached hydrogen (secondary N) is 1. The lowest BCUT2D eigenvalue weighted by molar-refractivity contribution is -0.384. The van der Waals surface area contributed by atoms with Gasteiger partial charge in [0, 0.05) is 21.3 Å². The Morgan fingerprint density at radius 2 is 1.91 bits per heavy atom. The zero-order valence-corrected chi connectivity index (χ0v) is 14.3. The number of hydrogen-bond donors (Lipinski definition) is 2. The third-order valence-electron chi connectivity index (χ3n) is 2.90. The second kappa shape index (κ2) is 6.92. The van der Waals surface area contributed by atoms with Gasteiger partial charge in [-0.1, -0.05) is 11.6 Å². The van der Waals surface area contributed by atoms with Gasteiger partial charge in [-0.05, 0) is 46.9 Å². The largest absolute Gasteiger partial charge is 0.366 e. The average Bonchev–Trinajstić information content (AvgIpc) is 2.49. The van der Waals surface area contributed by atoms with Gasteiger partial charge in [-0.25, -0.2) is 0 Å². The number of nitrogens with two attached hydrogens (primary N) is 1. The fourth-order valence-electron chi connectivity index (χ4n) is 1.76. The van der Waals surface area contributed by atoms with Crippen LogP contribution in [0, 0.1) is 13.7 Å². The summed E-state index contributed by atoms with van der Waals surface area (Å²) in [5, 5.41) is 13.6. The molecule has 118 valence electrons. The number of carbonyl (C=O) groups is 2. The molecule has 0 fully saturated rings. The minimum absolute atomic E-state index is 0.125. The van der Waals surface area contributed by atoms with E-state index in [9.17, 15) is 19.7 Å². The molecule has 0 heterocycles. The van der Waals surface area contributed by atoms with E-state index in [0.717, 1.165) is 0 Å². The summed E-state index contributed by atoms with van der Waals surface area (Å²) in [5.41, 5.74) is 5.47. The number of hydrogen-bond acceptors (Lipinski definition) is 4. The summed E-state index contributed by atoms with van der Waals surface area (Å²) in [6.07, 6.45) is 0. The number of nitro benzene ring substituents is 1. The summed E-state index contributed by atoms with van der Waals surface area (Å²) >= 11 is 7.87. The molecule has 2 amide bonds. The van der Waals surface area contributed by atoms with Crippen molar-refractivity contribution >= 4 is 57.4 Å². The smallest absolute Gasteiger partial charge is 0.270 e. The van der Waals surface area contributed by atoms with Crippen LogP contribution in [-0.4, -0.2) is 16.7 Å². The monoisotopic (exact) mass is 445 g/mol. The average molecular weight is 446 g/mol. The van der Waals surface area contributed by atoms with E-state index in [0.29, 0.717) is 3.57 Å². The lowest BCUT2D eigenvalue weighted by Gasteiger charge is -2.09. The summed E-state index contributed by atoms with van der Waals surface area (Å²) in [4.78, 5) is 33.7. The van der Waals surface area contributed by atoms with Crippen LogP contribution in [0.2, 0.25) is 5.02 Å². The lowest BCUT2D eigenvalue weighted by atomic mass is 10.1. The van der Waals surface area contributed by atoms with Crippen LogP contribution in [0.1, 0.15) is 20.7 Å². The van der Waals surface area contributed by atoms with Gasteiger partial charge in [0.25, 0.3) is 11.6 Å². The van der Waals surface area contributed by atoms with E-state index in [1.54, 1.807) is 0 Å². The van der Waals surface area contributed by atoms with Crippen LogP contribution in [0.15, 0.2) is 36.4 Å². The van der Waals surface area contributed by atoms with Crippen LogP contribution >= 0.6 is 34.2 Å². The first-order valence-electron chi connectivity index (χ1n) is 6.14. The molecule has 0 atom stereocenters. The van der Waals surface area contributed by atoms with Crippen LogP contribution in [0.3, 0.4) is 0 Å². The molecule has 0 aliphatic rings. The highest BCUT2D eigenvalue weighted by atomic mass is 127. The molecule has 0 spiro atoms. The van der Waals surface area contributed by atoms with Crippen LogP contribution in [0.4, 0.5) is 11.4 Å². The molecule has 3 N–H and O–H groups in total. The maximum atomic E-state index is 12.3. The molecule has 0 radical (unpaired) electrons. The van der Waals surface area contributed by atoms with Gasteiger partial charge in [0.15, 0.2) is 0 Å². The fourth-order valence-corrected chi connectivity index (χ4v) is 2.51. The quantitative estimate of drug-likeness (QED) is 0.427. The van der Waals surface area contributed by atoms with Crippen molar-refractivity contribution in [3.63, 3.8) is 0 Å².